The van der Waals surface area contributed by atoms with Crippen LogP contribution in [-0.2, 0) is 0 Å². The van der Waals surface area contributed by atoms with Crippen LogP contribution >= 0.6 is 27.7 Å². The van der Waals surface area contributed by atoms with Gasteiger partial charge in [0.15, 0.2) is 0 Å². The molecule has 3 heteroatoms. The summed E-state index contributed by atoms with van der Waals surface area (Å²) >= 11 is 5.61. The first-order chi connectivity index (χ1) is 9.13. The number of halogens is 1. The highest BCUT2D eigenvalue weighted by atomic mass is 79.9. The van der Waals surface area contributed by atoms with E-state index in [1.807, 2.05) is 11.8 Å². The third-order valence-corrected chi connectivity index (χ3v) is 4.50. The van der Waals surface area contributed by atoms with Gasteiger partial charge in [0.05, 0.1) is 0 Å². The summed E-state index contributed by atoms with van der Waals surface area (Å²) in [5.74, 6) is 3.80. The molecule has 0 saturated heterocycles. The molecule has 0 amide bonds. The van der Waals surface area contributed by atoms with Gasteiger partial charge in [0.25, 0.3) is 0 Å². The van der Waals surface area contributed by atoms with Crippen molar-refractivity contribution in [1.82, 2.24) is 5.32 Å². The second-order valence-corrected chi connectivity index (χ2v) is 7.60. The van der Waals surface area contributed by atoms with Gasteiger partial charge >= 0.3 is 0 Å². The zero-order chi connectivity index (χ0) is 14.1. The van der Waals surface area contributed by atoms with Gasteiger partial charge in [-0.05, 0) is 54.0 Å². The van der Waals surface area contributed by atoms with Gasteiger partial charge in [-0.25, -0.2) is 0 Å². The molecule has 1 N–H and O–H groups in total. The number of hydrogen-bond acceptors (Lipinski definition) is 2. The predicted octanol–water partition coefficient (Wildman–Crippen LogP) is 4.92. The minimum absolute atomic E-state index is 0.621. The van der Waals surface area contributed by atoms with Crippen molar-refractivity contribution in [2.45, 2.75) is 33.1 Å². The SMILES string of the molecule is CCSCCC(CNCC(C)C)c1cccc(Br)c1. The first kappa shape index (κ1) is 17.1. The second-order valence-electron chi connectivity index (χ2n) is 5.29. The number of nitrogens with one attached hydrogen (secondary N) is 1. The lowest BCUT2D eigenvalue weighted by atomic mass is 9.96. The van der Waals surface area contributed by atoms with Crippen LogP contribution in [0.2, 0.25) is 0 Å². The molecule has 108 valence electrons. The Morgan fingerprint density at radius 3 is 2.68 bits per heavy atom. The minimum Gasteiger partial charge on any atom is -0.316 e. The van der Waals surface area contributed by atoms with E-state index in [1.165, 1.54) is 28.0 Å². The maximum absolute atomic E-state index is 3.61. The average molecular weight is 344 g/mol. The highest BCUT2D eigenvalue weighted by Crippen LogP contribution is 2.24. The third-order valence-electron chi connectivity index (χ3n) is 3.08. The van der Waals surface area contributed by atoms with Crippen LogP contribution in [0, 0.1) is 5.92 Å². The van der Waals surface area contributed by atoms with E-state index in [2.05, 4.69) is 66.3 Å². The molecule has 0 aliphatic heterocycles. The van der Waals surface area contributed by atoms with Gasteiger partial charge in [-0.3, -0.25) is 0 Å². The van der Waals surface area contributed by atoms with E-state index in [4.69, 9.17) is 0 Å². The van der Waals surface area contributed by atoms with Crippen LogP contribution in [0.1, 0.15) is 38.7 Å². The molecule has 0 aromatic heterocycles. The number of rotatable bonds is 9. The van der Waals surface area contributed by atoms with Crippen LogP contribution in [0.25, 0.3) is 0 Å². The molecular weight excluding hydrogens is 318 g/mol. The quantitative estimate of drug-likeness (QED) is 0.638. The van der Waals surface area contributed by atoms with Gasteiger partial charge < -0.3 is 5.32 Å². The summed E-state index contributed by atoms with van der Waals surface area (Å²) in [6.45, 7) is 8.93. The summed E-state index contributed by atoms with van der Waals surface area (Å²) in [5, 5.41) is 3.61. The maximum Gasteiger partial charge on any atom is 0.0178 e. The van der Waals surface area contributed by atoms with Crippen molar-refractivity contribution in [2.75, 3.05) is 24.6 Å². The molecule has 19 heavy (non-hydrogen) atoms. The van der Waals surface area contributed by atoms with Crippen LogP contribution in [0.3, 0.4) is 0 Å². The first-order valence-electron chi connectivity index (χ1n) is 7.17. The van der Waals surface area contributed by atoms with Crippen molar-refractivity contribution in [3.8, 4) is 0 Å². The zero-order valence-corrected chi connectivity index (χ0v) is 14.7. The third kappa shape index (κ3) is 7.38. The standard InChI is InChI=1S/C16H26BrNS/c1-4-19-9-8-15(12-18-11-13(2)3)14-6-5-7-16(17)10-14/h5-7,10,13,15,18H,4,8-9,11-12H2,1-3H3. The van der Waals surface area contributed by atoms with Crippen LogP contribution in [0.15, 0.2) is 28.7 Å². The molecular formula is C16H26BrNS. The van der Waals surface area contributed by atoms with Crippen LogP contribution in [0.5, 0.6) is 0 Å². The summed E-state index contributed by atoms with van der Waals surface area (Å²) < 4.78 is 1.18. The fraction of sp³-hybridized carbons (Fsp3) is 0.625. The first-order valence-corrected chi connectivity index (χ1v) is 9.12. The Morgan fingerprint density at radius 2 is 2.05 bits per heavy atom. The molecule has 0 aliphatic carbocycles. The lowest BCUT2D eigenvalue weighted by molar-refractivity contribution is 0.511. The molecule has 0 spiro atoms. The molecule has 1 atom stereocenters. The maximum atomic E-state index is 3.61. The molecule has 0 aliphatic rings. The molecule has 1 aromatic rings. The zero-order valence-electron chi connectivity index (χ0n) is 12.3. The van der Waals surface area contributed by atoms with Crippen molar-refractivity contribution >= 4 is 27.7 Å². The normalized spacial score (nSPS) is 12.9. The molecule has 0 bridgehead atoms. The van der Waals surface area contributed by atoms with Crippen LogP contribution in [-0.4, -0.2) is 24.6 Å². The Balaban J connectivity index is 2.57. The number of hydrogen-bond donors (Lipinski definition) is 1. The molecule has 1 aromatic carbocycles. The largest absolute Gasteiger partial charge is 0.316 e. The van der Waals surface area contributed by atoms with Gasteiger partial charge in [0.1, 0.15) is 0 Å². The van der Waals surface area contributed by atoms with Gasteiger partial charge in [0, 0.05) is 11.0 Å². The lowest BCUT2D eigenvalue weighted by Crippen LogP contribution is -2.25. The fourth-order valence-electron chi connectivity index (χ4n) is 2.06. The van der Waals surface area contributed by atoms with Gasteiger partial charge in [-0.15, -0.1) is 0 Å². The van der Waals surface area contributed by atoms with E-state index < -0.39 is 0 Å². The summed E-state index contributed by atoms with van der Waals surface area (Å²) in [5.41, 5.74) is 1.45. The Kier molecular flexibility index (Phi) is 8.84. The molecule has 1 rings (SSSR count). The topological polar surface area (TPSA) is 12.0 Å². The van der Waals surface area contributed by atoms with E-state index in [1.54, 1.807) is 0 Å². The summed E-state index contributed by atoms with van der Waals surface area (Å²) in [7, 11) is 0. The van der Waals surface area contributed by atoms with Crippen molar-refractivity contribution in [2.24, 2.45) is 5.92 Å². The molecule has 0 saturated carbocycles. The minimum atomic E-state index is 0.621. The Morgan fingerprint density at radius 1 is 1.26 bits per heavy atom. The van der Waals surface area contributed by atoms with E-state index in [9.17, 15) is 0 Å². The van der Waals surface area contributed by atoms with Gasteiger partial charge in [-0.1, -0.05) is 48.8 Å². The van der Waals surface area contributed by atoms with Crippen LogP contribution in [0.4, 0.5) is 0 Å². The van der Waals surface area contributed by atoms with Crippen LogP contribution < -0.4 is 5.32 Å². The molecule has 1 unspecified atom stereocenters. The van der Waals surface area contributed by atoms with Crippen molar-refractivity contribution < 1.29 is 0 Å². The van der Waals surface area contributed by atoms with Gasteiger partial charge in [-0.2, -0.15) is 11.8 Å². The van der Waals surface area contributed by atoms with Gasteiger partial charge in [0.2, 0.25) is 0 Å². The smallest absolute Gasteiger partial charge is 0.0178 e. The number of thioether (sulfide) groups is 1. The van der Waals surface area contributed by atoms with E-state index >= 15 is 0 Å². The Bertz CT molecular complexity index is 354. The Labute approximate surface area is 131 Å². The van der Waals surface area contributed by atoms with E-state index in [-0.39, 0.29) is 0 Å². The highest BCUT2D eigenvalue weighted by molar-refractivity contribution is 9.10. The van der Waals surface area contributed by atoms with Crippen molar-refractivity contribution in [3.63, 3.8) is 0 Å². The van der Waals surface area contributed by atoms with E-state index in [0.717, 1.165) is 13.1 Å². The molecule has 0 heterocycles. The number of benzene rings is 1. The second kappa shape index (κ2) is 9.84. The van der Waals surface area contributed by atoms with E-state index in [0.29, 0.717) is 11.8 Å². The summed E-state index contributed by atoms with van der Waals surface area (Å²) in [6, 6.07) is 8.76. The summed E-state index contributed by atoms with van der Waals surface area (Å²) in [6.07, 6.45) is 1.25. The van der Waals surface area contributed by atoms with Crippen molar-refractivity contribution in [3.05, 3.63) is 34.3 Å². The Hall–Kier alpha value is 0.01000. The molecule has 0 radical (unpaired) electrons. The predicted molar refractivity (Wildman–Crippen MR) is 92.2 cm³/mol. The highest BCUT2D eigenvalue weighted by Gasteiger charge is 2.11. The fourth-order valence-corrected chi connectivity index (χ4v) is 3.22. The van der Waals surface area contributed by atoms with Crippen molar-refractivity contribution in [1.29, 1.82) is 0 Å². The molecule has 1 nitrogen and oxygen atoms in total. The molecule has 0 fully saturated rings. The summed E-state index contributed by atoms with van der Waals surface area (Å²) in [4.78, 5) is 0. The monoisotopic (exact) mass is 343 g/mol. The average Bonchev–Trinajstić information content (AvgIpc) is 2.37. The lowest BCUT2D eigenvalue weighted by Gasteiger charge is -2.19.